The lowest BCUT2D eigenvalue weighted by molar-refractivity contribution is -0.117. The third-order valence-electron chi connectivity index (χ3n) is 6.73. The molecule has 1 saturated carbocycles. The third kappa shape index (κ3) is 4.20. The van der Waals surface area contributed by atoms with Crippen molar-refractivity contribution in [2.75, 3.05) is 18.4 Å². The van der Waals surface area contributed by atoms with Crippen LogP contribution in [-0.4, -0.2) is 59.9 Å². The topological polar surface area (TPSA) is 133 Å². The van der Waals surface area contributed by atoms with E-state index in [0.29, 0.717) is 47.0 Å². The molecular weight excluding hydrogens is 468 g/mol. The van der Waals surface area contributed by atoms with Gasteiger partial charge in [0.25, 0.3) is 5.91 Å². The second-order valence-corrected chi connectivity index (χ2v) is 9.18. The van der Waals surface area contributed by atoms with Gasteiger partial charge < -0.3 is 15.2 Å². The van der Waals surface area contributed by atoms with E-state index in [1.807, 2.05) is 38.1 Å². The first-order valence-corrected chi connectivity index (χ1v) is 12.4. The van der Waals surface area contributed by atoms with Gasteiger partial charge in [-0.05, 0) is 51.0 Å². The summed E-state index contributed by atoms with van der Waals surface area (Å²) in [5, 5.41) is 11.1. The van der Waals surface area contributed by atoms with Crippen molar-refractivity contribution in [2.45, 2.75) is 26.7 Å². The van der Waals surface area contributed by atoms with Crippen molar-refractivity contribution >= 4 is 39.6 Å². The van der Waals surface area contributed by atoms with E-state index in [9.17, 15) is 9.59 Å². The number of hydrogen-bond donors (Lipinski definition) is 3. The predicted molar refractivity (Wildman–Crippen MR) is 141 cm³/mol. The fourth-order valence-electron chi connectivity index (χ4n) is 4.50. The fraction of sp³-hybridized carbons (Fsp3) is 0.259. The smallest absolute Gasteiger partial charge is 0.256 e. The van der Waals surface area contributed by atoms with Crippen LogP contribution in [0.3, 0.4) is 0 Å². The maximum absolute atomic E-state index is 13.1. The van der Waals surface area contributed by atoms with Gasteiger partial charge in [0.2, 0.25) is 5.91 Å². The van der Waals surface area contributed by atoms with Crippen molar-refractivity contribution in [1.82, 2.24) is 35.0 Å². The molecule has 1 aliphatic carbocycles. The van der Waals surface area contributed by atoms with Gasteiger partial charge in [-0.1, -0.05) is 6.07 Å². The highest BCUT2D eigenvalue weighted by Gasteiger charge is 2.29. The first-order chi connectivity index (χ1) is 18.1. The number of pyridine rings is 2. The van der Waals surface area contributed by atoms with E-state index in [2.05, 4.69) is 30.5 Å². The third-order valence-corrected chi connectivity index (χ3v) is 6.73. The quantitative estimate of drug-likeness (QED) is 0.307. The number of rotatable bonds is 7. The Hall–Kier alpha value is -4.60. The van der Waals surface area contributed by atoms with Crippen molar-refractivity contribution < 1.29 is 9.59 Å². The molecule has 0 atom stereocenters. The standard InChI is InChI=1S/C27H26N8O2/c1-3-35(4-2)27(37)19-6-5-7-21-22(19)32-25(31-21)23-20-11-17(13-29-24(20)34-33-23)16-10-18(14-28-12-16)30-26(36)15-8-9-15/h5-7,10-15H,3-4,8-9H2,1-2H3,(H,30,36)(H,31,32)(H,29,33,34). The van der Waals surface area contributed by atoms with E-state index >= 15 is 0 Å². The molecule has 5 aromatic rings. The number of fused-ring (bicyclic) bond motifs is 2. The number of nitrogens with zero attached hydrogens (tertiary/aromatic N) is 5. The van der Waals surface area contributed by atoms with Crippen molar-refractivity contribution in [1.29, 1.82) is 0 Å². The van der Waals surface area contributed by atoms with Crippen LogP contribution in [0, 0.1) is 5.92 Å². The number of aromatic amines is 2. The van der Waals surface area contributed by atoms with E-state index in [4.69, 9.17) is 4.98 Å². The number of para-hydroxylation sites is 1. The average molecular weight is 495 g/mol. The Bertz CT molecular complexity index is 1650. The van der Waals surface area contributed by atoms with Crippen molar-refractivity contribution in [3.63, 3.8) is 0 Å². The largest absolute Gasteiger partial charge is 0.339 e. The molecule has 4 heterocycles. The number of benzene rings is 1. The summed E-state index contributed by atoms with van der Waals surface area (Å²) in [6.07, 6.45) is 6.99. The van der Waals surface area contributed by atoms with Gasteiger partial charge in [-0.3, -0.25) is 19.7 Å². The summed E-state index contributed by atoms with van der Waals surface area (Å²) in [7, 11) is 0. The molecule has 0 bridgehead atoms. The Kier molecular flexibility index (Phi) is 5.63. The monoisotopic (exact) mass is 494 g/mol. The number of imidazole rings is 1. The summed E-state index contributed by atoms with van der Waals surface area (Å²) in [4.78, 5) is 44.0. The lowest BCUT2D eigenvalue weighted by Gasteiger charge is -2.18. The fourth-order valence-corrected chi connectivity index (χ4v) is 4.50. The minimum absolute atomic E-state index is 0.0355. The van der Waals surface area contributed by atoms with Crippen LogP contribution in [-0.2, 0) is 4.79 Å². The molecule has 10 nitrogen and oxygen atoms in total. The summed E-state index contributed by atoms with van der Waals surface area (Å²) < 4.78 is 0. The Labute approximate surface area is 212 Å². The zero-order chi connectivity index (χ0) is 25.5. The van der Waals surface area contributed by atoms with Crippen LogP contribution in [0.15, 0.2) is 48.9 Å². The maximum Gasteiger partial charge on any atom is 0.256 e. The van der Waals surface area contributed by atoms with E-state index in [0.717, 1.165) is 34.9 Å². The van der Waals surface area contributed by atoms with Crippen molar-refractivity contribution in [3.05, 3.63) is 54.5 Å². The number of H-pyrrole nitrogens is 2. The second-order valence-electron chi connectivity index (χ2n) is 9.18. The van der Waals surface area contributed by atoms with E-state index in [1.54, 1.807) is 29.6 Å². The molecule has 1 aliphatic rings. The van der Waals surface area contributed by atoms with Crippen LogP contribution in [0.25, 0.3) is 44.7 Å². The Morgan fingerprint density at radius 3 is 2.68 bits per heavy atom. The van der Waals surface area contributed by atoms with Gasteiger partial charge in [-0.25, -0.2) is 9.97 Å². The van der Waals surface area contributed by atoms with Gasteiger partial charge in [0.15, 0.2) is 11.5 Å². The van der Waals surface area contributed by atoms with Gasteiger partial charge in [0.1, 0.15) is 11.2 Å². The van der Waals surface area contributed by atoms with Gasteiger partial charge in [-0.15, -0.1) is 0 Å². The van der Waals surface area contributed by atoms with E-state index in [-0.39, 0.29) is 17.7 Å². The zero-order valence-electron chi connectivity index (χ0n) is 20.6. The minimum Gasteiger partial charge on any atom is -0.339 e. The van der Waals surface area contributed by atoms with E-state index in [1.165, 1.54) is 0 Å². The molecule has 10 heteroatoms. The summed E-state index contributed by atoms with van der Waals surface area (Å²) in [6.45, 7) is 5.18. The predicted octanol–water partition coefficient (Wildman–Crippen LogP) is 4.39. The van der Waals surface area contributed by atoms with Crippen LogP contribution in [0.4, 0.5) is 5.69 Å². The number of hydrogen-bond acceptors (Lipinski definition) is 6. The molecule has 4 aromatic heterocycles. The molecule has 1 aromatic carbocycles. The lowest BCUT2D eigenvalue weighted by atomic mass is 10.1. The van der Waals surface area contributed by atoms with Gasteiger partial charge in [0, 0.05) is 42.5 Å². The molecule has 37 heavy (non-hydrogen) atoms. The first-order valence-electron chi connectivity index (χ1n) is 12.4. The Balaban J connectivity index is 1.38. The van der Waals surface area contributed by atoms with Gasteiger partial charge in [0.05, 0.1) is 28.4 Å². The highest BCUT2D eigenvalue weighted by Crippen LogP contribution is 2.32. The molecule has 1 fully saturated rings. The minimum atomic E-state index is -0.0479. The highest BCUT2D eigenvalue weighted by atomic mass is 16.2. The van der Waals surface area contributed by atoms with Gasteiger partial charge >= 0.3 is 0 Å². The molecule has 0 unspecified atom stereocenters. The van der Waals surface area contributed by atoms with Crippen molar-refractivity contribution in [3.8, 4) is 22.6 Å². The molecule has 0 spiro atoms. The molecule has 2 amide bonds. The zero-order valence-corrected chi connectivity index (χ0v) is 20.6. The number of nitrogens with one attached hydrogen (secondary N) is 3. The lowest BCUT2D eigenvalue weighted by Crippen LogP contribution is -2.30. The highest BCUT2D eigenvalue weighted by molar-refractivity contribution is 6.06. The summed E-state index contributed by atoms with van der Waals surface area (Å²) in [5.74, 6) is 0.670. The van der Waals surface area contributed by atoms with Crippen LogP contribution in [0.2, 0.25) is 0 Å². The van der Waals surface area contributed by atoms with Gasteiger partial charge in [-0.2, -0.15) is 5.10 Å². The molecule has 6 rings (SSSR count). The Morgan fingerprint density at radius 2 is 1.89 bits per heavy atom. The average Bonchev–Trinajstić information content (AvgIpc) is 3.55. The number of carbonyl (C=O) groups is 2. The van der Waals surface area contributed by atoms with Crippen molar-refractivity contribution in [2.24, 2.45) is 5.92 Å². The van der Waals surface area contributed by atoms with Crippen LogP contribution < -0.4 is 5.32 Å². The number of anilines is 1. The molecule has 186 valence electrons. The number of amides is 2. The second kappa shape index (κ2) is 9.12. The Morgan fingerprint density at radius 1 is 1.08 bits per heavy atom. The summed E-state index contributed by atoms with van der Waals surface area (Å²) in [5.41, 5.74) is 5.48. The summed E-state index contributed by atoms with van der Waals surface area (Å²) >= 11 is 0. The first kappa shape index (κ1) is 22.8. The van der Waals surface area contributed by atoms with Crippen LogP contribution in [0.1, 0.15) is 37.0 Å². The number of carbonyl (C=O) groups excluding carboxylic acids is 2. The maximum atomic E-state index is 13.1. The molecule has 0 radical (unpaired) electrons. The molecular formula is C27H26N8O2. The number of aromatic nitrogens is 6. The van der Waals surface area contributed by atoms with E-state index < -0.39 is 0 Å². The molecule has 0 saturated heterocycles. The SMILES string of the molecule is CCN(CC)C(=O)c1cccc2[nH]c(-c3[nH]nc4ncc(-c5cncc(NC(=O)C6CC6)c5)cc34)nc12. The van der Waals surface area contributed by atoms with Crippen LogP contribution in [0.5, 0.6) is 0 Å². The van der Waals surface area contributed by atoms with Crippen LogP contribution >= 0.6 is 0 Å². The molecule has 0 aliphatic heterocycles. The normalized spacial score (nSPS) is 13.2. The molecule has 3 N–H and O–H groups in total. The summed E-state index contributed by atoms with van der Waals surface area (Å²) in [6, 6.07) is 9.43.